The second kappa shape index (κ2) is 17.5. The molecule has 0 spiro atoms. The molecule has 1 aliphatic rings. The molecule has 0 aliphatic carbocycles. The van der Waals surface area contributed by atoms with Crippen molar-refractivity contribution in [1.82, 2.24) is 12.3 Å². The molecule has 46 valence electrons. The van der Waals surface area contributed by atoms with Crippen LogP contribution >= 0.6 is 0 Å². The van der Waals surface area contributed by atoms with E-state index < -0.39 is 0 Å². The summed E-state index contributed by atoms with van der Waals surface area (Å²) < 4.78 is 4.50. The van der Waals surface area contributed by atoms with Crippen LogP contribution in [0.5, 0.6) is 0 Å². The second-order valence-corrected chi connectivity index (χ2v) is 0.612. The molecule has 0 atom stereocenters. The van der Waals surface area contributed by atoms with Crippen molar-refractivity contribution in [3.63, 3.8) is 0 Å². The average molecular weight is 106 g/mol. The van der Waals surface area contributed by atoms with E-state index in [0.29, 0.717) is 0 Å². The van der Waals surface area contributed by atoms with Crippen molar-refractivity contribution in [2.24, 2.45) is 0 Å². The van der Waals surface area contributed by atoms with Gasteiger partial charge < -0.3 is 17.0 Å². The predicted molar refractivity (Wildman–Crippen MR) is 32.1 cm³/mol. The minimum atomic E-state index is 0. The zero-order valence-electron chi connectivity index (χ0n) is 4.65. The lowest BCUT2D eigenvalue weighted by atomic mass is 11.0. The molecule has 0 bridgehead atoms. The lowest BCUT2D eigenvalue weighted by molar-refractivity contribution is 0.475. The van der Waals surface area contributed by atoms with Gasteiger partial charge in [0.05, 0.1) is 13.2 Å². The van der Waals surface area contributed by atoms with Gasteiger partial charge in [-0.3, -0.25) is 0 Å². The van der Waals surface area contributed by atoms with Crippen molar-refractivity contribution in [1.29, 1.82) is 0 Å². The Labute approximate surface area is 44.5 Å². The molecule has 3 nitrogen and oxygen atoms in total. The third-order valence-corrected chi connectivity index (χ3v) is 0.204. The molecule has 0 amide bonds. The summed E-state index contributed by atoms with van der Waals surface area (Å²) in [7, 11) is 0. The van der Waals surface area contributed by atoms with Gasteiger partial charge in [0.15, 0.2) is 0 Å². The van der Waals surface area contributed by atoms with Crippen LogP contribution in [-0.2, 0) is 4.74 Å². The summed E-state index contributed by atoms with van der Waals surface area (Å²) in [6, 6.07) is 0. The predicted octanol–water partition coefficient (Wildman–Crippen LogP) is 1.14. The highest BCUT2D eigenvalue weighted by atomic mass is 16.6. The maximum Gasteiger partial charge on any atom is 0.0701 e. The molecule has 1 aliphatic heterocycles. The van der Waals surface area contributed by atoms with E-state index in [-0.39, 0.29) is 12.3 Å². The molecule has 1 saturated heterocycles. The summed E-state index contributed by atoms with van der Waals surface area (Å²) in [5.41, 5.74) is 0. The quantitative estimate of drug-likeness (QED) is 0.359. The lowest BCUT2D eigenvalue weighted by Gasteiger charge is -1.24. The molecule has 0 unspecified atom stereocenters. The standard InChI is InChI=1S/C2H4O.C2H4.2H3N/c1-2-3-1;1-2;;/h1-2H2;1-2H2;2*1H3. The van der Waals surface area contributed by atoms with Gasteiger partial charge in [-0.15, -0.1) is 13.2 Å². The fourth-order valence-corrected chi connectivity index (χ4v) is 0. The Morgan fingerprint density at radius 2 is 1.14 bits per heavy atom. The number of epoxide rings is 1. The first-order valence-corrected chi connectivity index (χ1v) is 1.58. The Hall–Kier alpha value is -0.380. The van der Waals surface area contributed by atoms with Crippen LogP contribution in [0.4, 0.5) is 0 Å². The van der Waals surface area contributed by atoms with Crippen LogP contribution in [0.1, 0.15) is 0 Å². The molecule has 1 fully saturated rings. The SMILES string of the molecule is C1CO1.C=C.N.N. The Balaban J connectivity index is -0.0000000380. The highest BCUT2D eigenvalue weighted by Gasteiger charge is 1.94. The van der Waals surface area contributed by atoms with Gasteiger partial charge in [0.1, 0.15) is 0 Å². The van der Waals surface area contributed by atoms with Gasteiger partial charge in [-0.2, -0.15) is 0 Å². The van der Waals surface area contributed by atoms with E-state index in [2.05, 4.69) is 17.9 Å². The zero-order chi connectivity index (χ0) is 4.12. The summed E-state index contributed by atoms with van der Waals surface area (Å²) in [6.07, 6.45) is 0. The van der Waals surface area contributed by atoms with Crippen LogP contribution in [0.25, 0.3) is 0 Å². The molecule has 0 aromatic carbocycles. The molecule has 1 heterocycles. The first-order chi connectivity index (χ1) is 2.50. The molecule has 1 rings (SSSR count). The van der Waals surface area contributed by atoms with Crippen LogP contribution in [0.2, 0.25) is 0 Å². The molecule has 0 saturated carbocycles. The number of rotatable bonds is 0. The first-order valence-electron chi connectivity index (χ1n) is 1.58. The third kappa shape index (κ3) is 192. The second-order valence-electron chi connectivity index (χ2n) is 0.612. The van der Waals surface area contributed by atoms with Crippen LogP contribution in [0.15, 0.2) is 13.2 Å². The van der Waals surface area contributed by atoms with E-state index >= 15 is 0 Å². The smallest absolute Gasteiger partial charge is 0.0701 e. The van der Waals surface area contributed by atoms with Crippen molar-refractivity contribution >= 4 is 0 Å². The molecule has 0 aromatic rings. The maximum atomic E-state index is 4.50. The monoisotopic (exact) mass is 106 g/mol. The highest BCUT2D eigenvalue weighted by Crippen LogP contribution is 1.84. The summed E-state index contributed by atoms with van der Waals surface area (Å²) in [5.74, 6) is 0. The zero-order valence-corrected chi connectivity index (χ0v) is 4.65. The molecule has 0 aromatic heterocycles. The molecule has 3 heteroatoms. The van der Waals surface area contributed by atoms with E-state index in [1.165, 1.54) is 0 Å². The van der Waals surface area contributed by atoms with Gasteiger partial charge in [-0.1, -0.05) is 0 Å². The largest absolute Gasteiger partial charge is 0.377 e. The van der Waals surface area contributed by atoms with Gasteiger partial charge >= 0.3 is 0 Å². The Bertz CT molecular complexity index is 20.9. The number of ether oxygens (including phenoxy) is 1. The molecule has 0 radical (unpaired) electrons. The van der Waals surface area contributed by atoms with Gasteiger partial charge in [0.25, 0.3) is 0 Å². The first kappa shape index (κ1) is 16.0. The maximum absolute atomic E-state index is 4.50. The fraction of sp³-hybridized carbons (Fsp3) is 0.500. The van der Waals surface area contributed by atoms with Gasteiger partial charge in [0, 0.05) is 0 Å². The Morgan fingerprint density at radius 3 is 1.14 bits per heavy atom. The van der Waals surface area contributed by atoms with Crippen molar-refractivity contribution in [2.45, 2.75) is 0 Å². The third-order valence-electron chi connectivity index (χ3n) is 0.204. The van der Waals surface area contributed by atoms with E-state index in [1.54, 1.807) is 0 Å². The summed E-state index contributed by atoms with van der Waals surface area (Å²) in [4.78, 5) is 0. The van der Waals surface area contributed by atoms with Gasteiger partial charge in [-0.05, 0) is 0 Å². The molecule has 7 heavy (non-hydrogen) atoms. The minimum Gasteiger partial charge on any atom is -0.377 e. The fourth-order valence-electron chi connectivity index (χ4n) is 0. The highest BCUT2D eigenvalue weighted by molar-refractivity contribution is 4.36. The van der Waals surface area contributed by atoms with Gasteiger partial charge in [0.2, 0.25) is 0 Å². The summed E-state index contributed by atoms with van der Waals surface area (Å²) in [5, 5.41) is 0. The average Bonchev–Trinajstić information content (AvgIpc) is 2.19. The topological polar surface area (TPSA) is 82.5 Å². The Kier molecular flexibility index (Phi) is 39.8. The minimum absolute atomic E-state index is 0. The van der Waals surface area contributed by atoms with E-state index in [0.717, 1.165) is 13.2 Å². The number of hydrogen-bond acceptors (Lipinski definition) is 3. The summed E-state index contributed by atoms with van der Waals surface area (Å²) >= 11 is 0. The van der Waals surface area contributed by atoms with E-state index in [1.807, 2.05) is 0 Å². The Morgan fingerprint density at radius 1 is 1.00 bits per heavy atom. The van der Waals surface area contributed by atoms with E-state index in [4.69, 9.17) is 0 Å². The van der Waals surface area contributed by atoms with Crippen molar-refractivity contribution in [3.05, 3.63) is 13.2 Å². The number of hydrogen-bond donors (Lipinski definition) is 2. The van der Waals surface area contributed by atoms with Crippen LogP contribution in [-0.4, -0.2) is 13.2 Å². The molecule has 6 N–H and O–H groups in total. The van der Waals surface area contributed by atoms with Crippen molar-refractivity contribution in [2.75, 3.05) is 13.2 Å². The summed E-state index contributed by atoms with van der Waals surface area (Å²) in [6.45, 7) is 8.00. The lowest BCUT2D eigenvalue weighted by Crippen LogP contribution is -1.20. The van der Waals surface area contributed by atoms with Crippen LogP contribution < -0.4 is 12.3 Å². The van der Waals surface area contributed by atoms with E-state index in [9.17, 15) is 0 Å². The van der Waals surface area contributed by atoms with Crippen molar-refractivity contribution in [3.8, 4) is 0 Å². The molecular formula is C4H14N2O. The van der Waals surface area contributed by atoms with Crippen LogP contribution in [0.3, 0.4) is 0 Å². The normalized spacial score (nSPS) is 10.9. The molecular weight excluding hydrogens is 92.1 g/mol. The van der Waals surface area contributed by atoms with Gasteiger partial charge in [-0.25, -0.2) is 0 Å². The van der Waals surface area contributed by atoms with Crippen LogP contribution in [0, 0.1) is 0 Å². The van der Waals surface area contributed by atoms with Crippen molar-refractivity contribution < 1.29 is 4.74 Å².